The van der Waals surface area contributed by atoms with Crippen LogP contribution in [0.25, 0.3) is 5.69 Å². The summed E-state index contributed by atoms with van der Waals surface area (Å²) in [6, 6.07) is 8.82. The minimum Gasteiger partial charge on any atom is -0.382 e. The quantitative estimate of drug-likeness (QED) is 0.733. The maximum Gasteiger partial charge on any atom is 0.251 e. The van der Waals surface area contributed by atoms with Gasteiger partial charge in [0.1, 0.15) is 12.7 Å². The Hall–Kier alpha value is -3.00. The van der Waals surface area contributed by atoms with Gasteiger partial charge < -0.3 is 10.1 Å². The highest BCUT2D eigenvalue weighted by molar-refractivity contribution is 5.95. The summed E-state index contributed by atoms with van der Waals surface area (Å²) in [6.45, 7) is 0.358. The number of methoxy groups -OCH3 is 1. The molecule has 1 N–H and O–H groups in total. The zero-order valence-corrected chi connectivity index (χ0v) is 13.5. The van der Waals surface area contributed by atoms with Gasteiger partial charge in [0.05, 0.1) is 18.3 Å². The highest BCUT2D eigenvalue weighted by Crippen LogP contribution is 2.15. The van der Waals surface area contributed by atoms with Crippen LogP contribution in [0.15, 0.2) is 49.2 Å². The van der Waals surface area contributed by atoms with Gasteiger partial charge in [-0.15, -0.1) is 10.2 Å². The molecule has 1 atom stereocenters. The zero-order chi connectivity index (χ0) is 16.9. The monoisotopic (exact) mass is 326 g/mol. The first-order valence-electron chi connectivity index (χ1n) is 7.42. The van der Waals surface area contributed by atoms with Gasteiger partial charge in [-0.05, 0) is 24.3 Å². The van der Waals surface area contributed by atoms with Crippen LogP contribution in [0.2, 0.25) is 0 Å². The second-order valence-electron chi connectivity index (χ2n) is 5.28. The highest BCUT2D eigenvalue weighted by atomic mass is 16.5. The van der Waals surface area contributed by atoms with Gasteiger partial charge in [0.2, 0.25) is 0 Å². The highest BCUT2D eigenvalue weighted by Gasteiger charge is 2.18. The summed E-state index contributed by atoms with van der Waals surface area (Å²) in [4.78, 5) is 12.6. The summed E-state index contributed by atoms with van der Waals surface area (Å²) in [6.07, 6.45) is 4.86. The molecule has 124 valence electrons. The van der Waals surface area contributed by atoms with Gasteiger partial charge in [0, 0.05) is 31.6 Å². The molecule has 2 heterocycles. The van der Waals surface area contributed by atoms with Gasteiger partial charge in [0.25, 0.3) is 5.91 Å². The topological polar surface area (TPSA) is 86.9 Å². The Morgan fingerprint density at radius 3 is 2.75 bits per heavy atom. The lowest BCUT2D eigenvalue weighted by molar-refractivity contribution is 0.0892. The number of carbonyl (C=O) groups is 1. The Balaban J connectivity index is 1.81. The van der Waals surface area contributed by atoms with E-state index >= 15 is 0 Å². The molecule has 0 aliphatic rings. The smallest absolute Gasteiger partial charge is 0.251 e. The fraction of sp³-hybridized carbons (Fsp3) is 0.250. The van der Waals surface area contributed by atoms with Crippen LogP contribution >= 0.6 is 0 Å². The van der Waals surface area contributed by atoms with E-state index < -0.39 is 0 Å². The minimum atomic E-state index is -0.284. The second-order valence-corrected chi connectivity index (χ2v) is 5.28. The number of benzene rings is 1. The summed E-state index contributed by atoms with van der Waals surface area (Å²) in [7, 11) is 3.43. The molecule has 1 aromatic carbocycles. The van der Waals surface area contributed by atoms with E-state index in [1.807, 2.05) is 25.2 Å². The predicted octanol–water partition coefficient (Wildman–Crippen LogP) is 1.12. The van der Waals surface area contributed by atoms with Gasteiger partial charge in [0.15, 0.2) is 0 Å². The van der Waals surface area contributed by atoms with Crippen LogP contribution in [0.4, 0.5) is 0 Å². The molecule has 0 aliphatic carbocycles. The molecule has 0 spiro atoms. The SMILES string of the molecule is COC[C@H](NC(=O)c1cccc(-n2cnnc2)c1)c1ccnn1C. The molecule has 8 heteroatoms. The fourth-order valence-corrected chi connectivity index (χ4v) is 2.48. The van der Waals surface area contributed by atoms with Gasteiger partial charge in [-0.25, -0.2) is 0 Å². The summed E-state index contributed by atoms with van der Waals surface area (Å²) in [5, 5.41) is 14.7. The molecular formula is C16H18N6O2. The Labute approximate surface area is 139 Å². The van der Waals surface area contributed by atoms with Crippen LogP contribution in [-0.4, -0.2) is 44.2 Å². The zero-order valence-electron chi connectivity index (χ0n) is 13.5. The van der Waals surface area contributed by atoms with Crippen molar-refractivity contribution in [3.05, 3.63) is 60.4 Å². The number of carbonyl (C=O) groups excluding carboxylic acids is 1. The van der Waals surface area contributed by atoms with Crippen LogP contribution in [0.3, 0.4) is 0 Å². The lowest BCUT2D eigenvalue weighted by atomic mass is 10.1. The molecule has 8 nitrogen and oxygen atoms in total. The lowest BCUT2D eigenvalue weighted by Gasteiger charge is -2.18. The van der Waals surface area contributed by atoms with Crippen molar-refractivity contribution in [2.24, 2.45) is 7.05 Å². The average molecular weight is 326 g/mol. The Bertz CT molecular complexity index is 812. The average Bonchev–Trinajstić information content (AvgIpc) is 3.26. The lowest BCUT2D eigenvalue weighted by Crippen LogP contribution is -2.32. The van der Waals surface area contributed by atoms with E-state index in [1.165, 1.54) is 0 Å². The molecular weight excluding hydrogens is 308 g/mol. The number of aromatic nitrogens is 5. The first-order valence-corrected chi connectivity index (χ1v) is 7.42. The van der Waals surface area contributed by atoms with Gasteiger partial charge in [-0.3, -0.25) is 14.0 Å². The van der Waals surface area contributed by atoms with Crippen LogP contribution < -0.4 is 5.32 Å². The van der Waals surface area contributed by atoms with Crippen molar-refractivity contribution in [1.82, 2.24) is 29.9 Å². The maximum absolute atomic E-state index is 12.6. The van der Waals surface area contributed by atoms with E-state index in [0.717, 1.165) is 11.4 Å². The van der Waals surface area contributed by atoms with Crippen LogP contribution in [-0.2, 0) is 11.8 Å². The van der Waals surface area contributed by atoms with Crippen molar-refractivity contribution in [3.8, 4) is 5.69 Å². The first-order chi connectivity index (χ1) is 11.7. The Morgan fingerprint density at radius 2 is 2.08 bits per heavy atom. The number of aryl methyl sites for hydroxylation is 1. The van der Waals surface area contributed by atoms with Crippen LogP contribution in [0.1, 0.15) is 22.1 Å². The van der Waals surface area contributed by atoms with E-state index in [9.17, 15) is 4.79 Å². The molecule has 0 radical (unpaired) electrons. The van der Waals surface area contributed by atoms with Crippen molar-refractivity contribution < 1.29 is 9.53 Å². The maximum atomic E-state index is 12.6. The van der Waals surface area contributed by atoms with Gasteiger partial charge in [-0.1, -0.05) is 6.07 Å². The van der Waals surface area contributed by atoms with Crippen LogP contribution in [0.5, 0.6) is 0 Å². The number of nitrogens with one attached hydrogen (secondary N) is 1. The molecule has 0 fully saturated rings. The molecule has 24 heavy (non-hydrogen) atoms. The molecule has 0 saturated carbocycles. The molecule has 0 saturated heterocycles. The van der Waals surface area contributed by atoms with Gasteiger partial charge in [-0.2, -0.15) is 5.10 Å². The third-order valence-corrected chi connectivity index (χ3v) is 3.68. The summed E-state index contributed by atoms with van der Waals surface area (Å²) in [5.74, 6) is -0.187. The van der Waals surface area contributed by atoms with E-state index in [2.05, 4.69) is 20.6 Å². The van der Waals surface area contributed by atoms with E-state index in [-0.39, 0.29) is 11.9 Å². The predicted molar refractivity (Wildman–Crippen MR) is 86.7 cm³/mol. The second kappa shape index (κ2) is 7.05. The van der Waals surface area contributed by atoms with Crippen LogP contribution in [0, 0.1) is 0 Å². The van der Waals surface area contributed by atoms with Crippen molar-refractivity contribution in [2.45, 2.75) is 6.04 Å². The Morgan fingerprint density at radius 1 is 1.29 bits per heavy atom. The minimum absolute atomic E-state index is 0.187. The van der Waals surface area contributed by atoms with Gasteiger partial charge >= 0.3 is 0 Å². The number of hydrogen-bond donors (Lipinski definition) is 1. The van der Waals surface area contributed by atoms with Crippen molar-refractivity contribution in [2.75, 3.05) is 13.7 Å². The molecule has 2 aromatic heterocycles. The molecule has 3 rings (SSSR count). The normalized spacial score (nSPS) is 12.1. The number of rotatable bonds is 6. The number of nitrogens with zero attached hydrogens (tertiary/aromatic N) is 5. The van der Waals surface area contributed by atoms with Crippen molar-refractivity contribution >= 4 is 5.91 Å². The number of amides is 1. The molecule has 0 unspecified atom stereocenters. The standard InChI is InChI=1S/C16H18N6O2/c1-21-15(6-7-19-21)14(9-24-2)20-16(23)12-4-3-5-13(8-12)22-10-17-18-11-22/h3-8,10-11,14H,9H2,1-2H3,(H,20,23)/t14-/m0/s1. The summed E-state index contributed by atoms with van der Waals surface area (Å²) < 4.78 is 8.69. The van der Waals surface area contributed by atoms with Crippen molar-refractivity contribution in [3.63, 3.8) is 0 Å². The fourth-order valence-electron chi connectivity index (χ4n) is 2.48. The largest absolute Gasteiger partial charge is 0.382 e. The molecule has 0 aliphatic heterocycles. The number of ether oxygens (including phenoxy) is 1. The van der Waals surface area contributed by atoms with Crippen molar-refractivity contribution in [1.29, 1.82) is 0 Å². The Kier molecular flexibility index (Phi) is 4.66. The molecule has 3 aromatic rings. The summed E-state index contributed by atoms with van der Waals surface area (Å²) >= 11 is 0. The number of hydrogen-bond acceptors (Lipinski definition) is 5. The third kappa shape index (κ3) is 3.33. The molecule has 1 amide bonds. The van der Waals surface area contributed by atoms with E-state index in [4.69, 9.17) is 4.74 Å². The van der Waals surface area contributed by atoms with E-state index in [1.54, 1.807) is 47.3 Å². The summed E-state index contributed by atoms with van der Waals surface area (Å²) in [5.41, 5.74) is 2.24. The first kappa shape index (κ1) is 15.9. The third-order valence-electron chi connectivity index (χ3n) is 3.68. The molecule has 0 bridgehead atoms. The van der Waals surface area contributed by atoms with E-state index in [0.29, 0.717) is 12.2 Å².